The van der Waals surface area contributed by atoms with Gasteiger partial charge in [0.1, 0.15) is 11.8 Å². The predicted octanol–water partition coefficient (Wildman–Crippen LogP) is 1.25. The molecule has 6 atom stereocenters. The Balaban J connectivity index is 0.716. The molecule has 15 heteroatoms. The summed E-state index contributed by atoms with van der Waals surface area (Å²) in [6.07, 6.45) is 0.265. The van der Waals surface area contributed by atoms with E-state index in [2.05, 4.69) is 46.5 Å². The van der Waals surface area contributed by atoms with Gasteiger partial charge in [0.2, 0.25) is 11.8 Å². The molecule has 1 saturated carbocycles. The third-order valence-electron chi connectivity index (χ3n) is 12.6. The molecule has 1 aliphatic carbocycles. The average molecular weight is 734 g/mol. The van der Waals surface area contributed by atoms with Crippen LogP contribution in [0.15, 0.2) is 48.5 Å². The number of piperidine rings is 2. The summed E-state index contributed by atoms with van der Waals surface area (Å²) in [7, 11) is 0. The Hall–Kier alpha value is -5.12. The summed E-state index contributed by atoms with van der Waals surface area (Å²) in [6, 6.07) is 14.0. The second kappa shape index (κ2) is 13.0. The van der Waals surface area contributed by atoms with Gasteiger partial charge in [0.05, 0.1) is 41.3 Å². The molecular weight excluding hydrogens is 690 g/mol. The molecule has 4 saturated heterocycles. The second-order valence-corrected chi connectivity index (χ2v) is 15.8. The Morgan fingerprint density at radius 2 is 1.67 bits per heavy atom. The fourth-order valence-corrected chi connectivity index (χ4v) is 9.80. The van der Waals surface area contributed by atoms with Gasteiger partial charge in [-0.2, -0.15) is 0 Å². The van der Waals surface area contributed by atoms with Gasteiger partial charge in [-0.15, -0.1) is 10.2 Å². The first-order valence-electron chi connectivity index (χ1n) is 19.1. The van der Waals surface area contributed by atoms with E-state index in [1.807, 2.05) is 24.3 Å². The van der Waals surface area contributed by atoms with E-state index in [0.717, 1.165) is 92.2 Å². The first-order valence-corrected chi connectivity index (χ1v) is 19.1. The number of fused-ring (bicyclic) bond motifs is 5. The van der Waals surface area contributed by atoms with Crippen molar-refractivity contribution in [2.45, 2.75) is 31.0 Å². The number of amides is 4. The summed E-state index contributed by atoms with van der Waals surface area (Å²) in [5.74, 6) is 1.20. The van der Waals surface area contributed by atoms with E-state index in [1.54, 1.807) is 18.2 Å². The summed E-state index contributed by atoms with van der Waals surface area (Å²) >= 11 is 0. The number of piperazine rings is 1. The molecule has 7 aliphatic rings. The monoisotopic (exact) mass is 733 g/mol. The maximum absolute atomic E-state index is 13.4. The van der Waals surface area contributed by atoms with Gasteiger partial charge in [0, 0.05) is 83.1 Å². The van der Waals surface area contributed by atoms with E-state index in [-0.39, 0.29) is 30.6 Å². The molecular formula is C39H43N9O6. The molecule has 54 heavy (non-hydrogen) atoms. The van der Waals surface area contributed by atoms with Gasteiger partial charge in [0.15, 0.2) is 5.82 Å². The van der Waals surface area contributed by atoms with Crippen LogP contribution in [0.4, 0.5) is 17.2 Å². The SMILES string of the molecule is O=C1CCC(N2C(=O)c3ccc(N4CCO[C@@H](CN5C[C@@H]6[C@H](C5)[C@H]6CN5CCN6c7cc(-c8ccccc8O)nnc7NC[C@H]6C5)C4)cc3C2=O)C(=O)N1. The zero-order valence-corrected chi connectivity index (χ0v) is 29.9. The molecule has 15 nitrogen and oxygen atoms in total. The normalized spacial score (nSPS) is 29.4. The highest BCUT2D eigenvalue weighted by atomic mass is 16.5. The van der Waals surface area contributed by atoms with Crippen molar-refractivity contribution in [1.29, 1.82) is 0 Å². The number of benzene rings is 2. The van der Waals surface area contributed by atoms with Gasteiger partial charge in [-0.1, -0.05) is 12.1 Å². The lowest BCUT2D eigenvalue weighted by molar-refractivity contribution is -0.136. The van der Waals surface area contributed by atoms with Gasteiger partial charge in [-0.3, -0.25) is 34.3 Å². The van der Waals surface area contributed by atoms with Gasteiger partial charge in [-0.05, 0) is 60.6 Å². The number of likely N-dealkylation sites (tertiary alicyclic amines) is 1. The number of imide groups is 2. The fraction of sp³-hybridized carbons (Fsp3) is 0.487. The van der Waals surface area contributed by atoms with Crippen LogP contribution in [0.5, 0.6) is 5.75 Å². The lowest BCUT2D eigenvalue weighted by Gasteiger charge is -2.46. The van der Waals surface area contributed by atoms with E-state index in [4.69, 9.17) is 4.74 Å². The summed E-state index contributed by atoms with van der Waals surface area (Å²) in [4.78, 5) is 61.6. The zero-order valence-electron chi connectivity index (χ0n) is 29.9. The molecule has 1 aromatic heterocycles. The molecule has 7 heterocycles. The van der Waals surface area contributed by atoms with Crippen molar-refractivity contribution < 1.29 is 29.0 Å². The van der Waals surface area contributed by atoms with Crippen LogP contribution >= 0.6 is 0 Å². The number of nitrogens with zero attached hydrogens (tertiary/aromatic N) is 7. The Kier molecular flexibility index (Phi) is 8.07. The Morgan fingerprint density at radius 3 is 2.50 bits per heavy atom. The molecule has 2 aromatic carbocycles. The fourth-order valence-electron chi connectivity index (χ4n) is 9.80. The number of para-hydroxylation sites is 1. The maximum Gasteiger partial charge on any atom is 0.262 e. The second-order valence-electron chi connectivity index (χ2n) is 15.8. The number of anilines is 3. The van der Waals surface area contributed by atoms with Crippen molar-refractivity contribution >= 4 is 40.8 Å². The van der Waals surface area contributed by atoms with E-state index in [1.165, 1.54) is 0 Å². The number of aromatic hydroxyl groups is 1. The number of phenols is 1. The first-order chi connectivity index (χ1) is 26.3. The van der Waals surface area contributed by atoms with Crippen molar-refractivity contribution in [3.8, 4) is 17.0 Å². The van der Waals surface area contributed by atoms with E-state index >= 15 is 0 Å². The number of aromatic nitrogens is 2. The van der Waals surface area contributed by atoms with Gasteiger partial charge < -0.3 is 29.9 Å². The zero-order chi connectivity index (χ0) is 36.7. The van der Waals surface area contributed by atoms with Crippen molar-refractivity contribution in [1.82, 2.24) is 30.2 Å². The van der Waals surface area contributed by atoms with Crippen LogP contribution in [-0.2, 0) is 14.3 Å². The molecule has 3 aromatic rings. The minimum absolute atomic E-state index is 0.0334. The number of hydrogen-bond donors (Lipinski definition) is 3. The number of hydrogen-bond acceptors (Lipinski definition) is 13. The third kappa shape index (κ3) is 5.76. The summed E-state index contributed by atoms with van der Waals surface area (Å²) < 4.78 is 6.23. The number of rotatable bonds is 7. The summed E-state index contributed by atoms with van der Waals surface area (Å²) in [5.41, 5.74) is 3.87. The Labute approximate surface area is 312 Å². The molecule has 0 spiro atoms. The van der Waals surface area contributed by atoms with E-state index in [9.17, 15) is 24.3 Å². The first kappa shape index (κ1) is 33.4. The highest BCUT2D eigenvalue weighted by Crippen LogP contribution is 2.52. The van der Waals surface area contributed by atoms with Crippen molar-refractivity contribution in [2.75, 3.05) is 87.2 Å². The highest BCUT2D eigenvalue weighted by molar-refractivity contribution is 6.23. The standard InChI is InChI=1S/C39H43N9O6/c49-34-4-2-1-3-26(34)31-14-33-36(43-42-31)40-15-23-16-44(9-10-47(23)33)19-28-29-20-45(21-30(28)29)17-24-18-46(11-12-54-24)22-5-6-25-27(13-22)39(53)48(38(25)52)32-7-8-35(50)41-37(32)51/h1-6,13-14,23-24,28-30,32,49H,7-12,15-21H2,(H,40,43)(H,41,50,51)/t23-,24-,28-,29-,30+,32?/m0/s1. The Morgan fingerprint density at radius 1 is 0.833 bits per heavy atom. The summed E-state index contributed by atoms with van der Waals surface area (Å²) in [6.45, 7) is 9.90. The van der Waals surface area contributed by atoms with E-state index in [0.29, 0.717) is 48.1 Å². The average Bonchev–Trinajstić information content (AvgIpc) is 3.49. The molecule has 4 amide bonds. The number of carbonyl (C=O) groups is 4. The largest absolute Gasteiger partial charge is 0.507 e. The lowest BCUT2D eigenvalue weighted by Crippen LogP contribution is -2.58. The highest BCUT2D eigenvalue weighted by Gasteiger charge is 2.56. The minimum Gasteiger partial charge on any atom is -0.507 e. The van der Waals surface area contributed by atoms with Gasteiger partial charge >= 0.3 is 0 Å². The van der Waals surface area contributed by atoms with Crippen LogP contribution < -0.4 is 20.4 Å². The molecule has 10 rings (SSSR count). The Bertz CT molecular complexity index is 2050. The van der Waals surface area contributed by atoms with Gasteiger partial charge in [-0.25, -0.2) is 0 Å². The quantitative estimate of drug-likeness (QED) is 0.298. The van der Waals surface area contributed by atoms with Crippen molar-refractivity contribution in [3.05, 3.63) is 59.7 Å². The smallest absolute Gasteiger partial charge is 0.262 e. The minimum atomic E-state index is -0.974. The van der Waals surface area contributed by atoms with Crippen molar-refractivity contribution in [3.63, 3.8) is 0 Å². The van der Waals surface area contributed by atoms with E-state index < -0.39 is 23.8 Å². The molecule has 6 aliphatic heterocycles. The molecule has 3 N–H and O–H groups in total. The van der Waals surface area contributed by atoms with Gasteiger partial charge in [0.25, 0.3) is 11.8 Å². The molecule has 0 radical (unpaired) electrons. The number of ether oxygens (including phenoxy) is 1. The molecule has 0 bridgehead atoms. The topological polar surface area (TPSA) is 164 Å². The number of morpholine rings is 1. The van der Waals surface area contributed by atoms with Crippen LogP contribution in [0.1, 0.15) is 33.6 Å². The third-order valence-corrected chi connectivity index (χ3v) is 12.6. The predicted molar refractivity (Wildman–Crippen MR) is 197 cm³/mol. The number of nitrogens with one attached hydrogen (secondary N) is 2. The van der Waals surface area contributed by atoms with Crippen LogP contribution in [0.2, 0.25) is 0 Å². The maximum atomic E-state index is 13.4. The van der Waals surface area contributed by atoms with Crippen LogP contribution in [-0.4, -0.2) is 144 Å². The number of carbonyl (C=O) groups excluding carboxylic acids is 4. The summed E-state index contributed by atoms with van der Waals surface area (Å²) in [5, 5.41) is 25.0. The molecule has 1 unspecified atom stereocenters. The number of phenolic OH excluding ortho intramolecular Hbond substituents is 1. The van der Waals surface area contributed by atoms with Crippen LogP contribution in [0, 0.1) is 17.8 Å². The van der Waals surface area contributed by atoms with Crippen LogP contribution in [0.3, 0.4) is 0 Å². The van der Waals surface area contributed by atoms with Crippen molar-refractivity contribution in [2.24, 2.45) is 17.8 Å². The van der Waals surface area contributed by atoms with Crippen LogP contribution in [0.25, 0.3) is 11.3 Å². The molecule has 5 fully saturated rings. The lowest BCUT2D eigenvalue weighted by atomic mass is 10.0. The molecule has 280 valence electrons.